The summed E-state index contributed by atoms with van der Waals surface area (Å²) in [6.45, 7) is 1.32. The molecule has 76 valence electrons. The van der Waals surface area contributed by atoms with Crippen molar-refractivity contribution in [2.75, 3.05) is 5.32 Å². The molecule has 1 amide bonds. The highest BCUT2D eigenvalue weighted by Gasteiger charge is 2.16. The van der Waals surface area contributed by atoms with Gasteiger partial charge in [0.2, 0.25) is 5.82 Å². The Labute approximate surface area is 77.8 Å². The summed E-state index contributed by atoms with van der Waals surface area (Å²) in [7, 11) is 0. The number of carbonyl (C=O) groups is 1. The largest absolute Gasteiger partial charge is 0.505 e. The first kappa shape index (κ1) is 10.2. The van der Waals surface area contributed by atoms with E-state index in [0.717, 1.165) is 6.07 Å². The number of halogens is 2. The molecule has 0 unspecified atom stereocenters. The summed E-state index contributed by atoms with van der Waals surface area (Å²) in [5.41, 5.74) is -0.474. The van der Waals surface area contributed by atoms with Gasteiger partial charge in [0.25, 0.3) is 0 Å². The number of nitrogens with one attached hydrogen (secondary N) is 1. The number of anilines is 1. The number of rotatable bonds is 1. The van der Waals surface area contributed by atoms with E-state index in [1.165, 1.54) is 6.92 Å². The molecule has 0 spiro atoms. The van der Waals surface area contributed by atoms with Crippen LogP contribution in [0.2, 0.25) is 0 Å². The van der Waals surface area contributed by atoms with Gasteiger partial charge in [-0.2, -0.15) is 4.39 Å². The van der Waals surface area contributed by atoms with E-state index in [1.807, 2.05) is 0 Å². The van der Waals surface area contributed by atoms with Crippen LogP contribution in [0.5, 0.6) is 5.75 Å². The van der Waals surface area contributed by atoms with Gasteiger partial charge in [0.1, 0.15) is 0 Å². The molecule has 1 rings (SSSR count). The lowest BCUT2D eigenvalue weighted by Crippen LogP contribution is -2.10. The van der Waals surface area contributed by atoms with Gasteiger partial charge in [-0.05, 0) is 18.6 Å². The Hall–Kier alpha value is -1.85. The van der Waals surface area contributed by atoms with Crippen LogP contribution in [-0.4, -0.2) is 16.3 Å². The fourth-order valence-electron chi connectivity index (χ4n) is 0.950. The monoisotopic (exact) mass is 203 g/mol. The van der Waals surface area contributed by atoms with E-state index < -0.39 is 29.2 Å². The van der Waals surface area contributed by atoms with Gasteiger partial charge < -0.3 is 10.2 Å². The lowest BCUT2D eigenvalue weighted by molar-refractivity contribution is 0.209. The predicted molar refractivity (Wildman–Crippen MR) is 44.4 cm³/mol. The highest BCUT2D eigenvalue weighted by atomic mass is 19.2. The van der Waals surface area contributed by atoms with Crippen LogP contribution >= 0.6 is 0 Å². The van der Waals surface area contributed by atoms with Crippen molar-refractivity contribution in [2.45, 2.75) is 6.92 Å². The van der Waals surface area contributed by atoms with Crippen molar-refractivity contribution in [3.8, 4) is 5.75 Å². The predicted octanol–water partition coefficient (Wildman–Crippen LogP) is 2.07. The second-order valence-electron chi connectivity index (χ2n) is 2.65. The van der Waals surface area contributed by atoms with Crippen molar-refractivity contribution in [3.05, 3.63) is 23.3 Å². The molecule has 3 N–H and O–H groups in total. The number of hydrogen-bond acceptors (Lipinski definition) is 2. The van der Waals surface area contributed by atoms with E-state index in [9.17, 15) is 13.6 Å². The maximum Gasteiger partial charge on any atom is 0.409 e. The molecule has 0 aliphatic carbocycles. The molecular formula is C8H7F2NO3. The zero-order valence-corrected chi connectivity index (χ0v) is 7.14. The van der Waals surface area contributed by atoms with Crippen LogP contribution in [-0.2, 0) is 0 Å². The molecule has 14 heavy (non-hydrogen) atoms. The van der Waals surface area contributed by atoms with Gasteiger partial charge in [-0.3, -0.25) is 5.32 Å². The Kier molecular flexibility index (Phi) is 2.55. The number of phenols is 1. The Morgan fingerprint density at radius 3 is 2.50 bits per heavy atom. The zero-order chi connectivity index (χ0) is 10.9. The van der Waals surface area contributed by atoms with Crippen molar-refractivity contribution in [2.24, 2.45) is 0 Å². The topological polar surface area (TPSA) is 69.6 Å². The minimum absolute atomic E-state index is 0.0488. The van der Waals surface area contributed by atoms with Gasteiger partial charge in [-0.15, -0.1) is 0 Å². The first-order valence-corrected chi connectivity index (χ1v) is 3.61. The fraction of sp³-hybridized carbons (Fsp3) is 0.125. The SMILES string of the molecule is Cc1cc(NC(=O)O)c(F)c(F)c1O. The highest BCUT2D eigenvalue weighted by molar-refractivity contribution is 5.83. The van der Waals surface area contributed by atoms with Gasteiger partial charge in [0.15, 0.2) is 11.6 Å². The lowest BCUT2D eigenvalue weighted by Gasteiger charge is -2.07. The van der Waals surface area contributed by atoms with Crippen LogP contribution in [0.25, 0.3) is 0 Å². The van der Waals surface area contributed by atoms with Crippen LogP contribution in [0.3, 0.4) is 0 Å². The Morgan fingerprint density at radius 1 is 1.43 bits per heavy atom. The van der Waals surface area contributed by atoms with E-state index in [-0.39, 0.29) is 5.56 Å². The third-order valence-corrected chi connectivity index (χ3v) is 1.61. The van der Waals surface area contributed by atoms with Crippen LogP contribution in [0.15, 0.2) is 6.07 Å². The average Bonchev–Trinajstić information content (AvgIpc) is 2.10. The molecule has 0 saturated carbocycles. The summed E-state index contributed by atoms with van der Waals surface area (Å²) in [5, 5.41) is 18.9. The summed E-state index contributed by atoms with van der Waals surface area (Å²) >= 11 is 0. The second-order valence-corrected chi connectivity index (χ2v) is 2.65. The van der Waals surface area contributed by atoms with Crippen molar-refractivity contribution < 1.29 is 23.8 Å². The summed E-state index contributed by atoms with van der Waals surface area (Å²) in [6.07, 6.45) is -1.51. The summed E-state index contributed by atoms with van der Waals surface area (Å²) in [6, 6.07) is 1.00. The van der Waals surface area contributed by atoms with Crippen LogP contribution in [0, 0.1) is 18.6 Å². The Balaban J connectivity index is 3.25. The van der Waals surface area contributed by atoms with Crippen LogP contribution < -0.4 is 5.32 Å². The van der Waals surface area contributed by atoms with E-state index in [2.05, 4.69) is 0 Å². The number of hydrogen-bond donors (Lipinski definition) is 3. The maximum atomic E-state index is 12.9. The van der Waals surface area contributed by atoms with Crippen molar-refractivity contribution in [1.82, 2.24) is 0 Å². The van der Waals surface area contributed by atoms with E-state index in [1.54, 1.807) is 5.32 Å². The van der Waals surface area contributed by atoms with Gasteiger partial charge in [-0.1, -0.05) is 0 Å². The third-order valence-electron chi connectivity index (χ3n) is 1.61. The standard InChI is InChI=1S/C8H7F2NO3/c1-3-2-4(11-8(13)14)5(9)6(10)7(3)12/h2,11-12H,1H3,(H,13,14). The van der Waals surface area contributed by atoms with Crippen LogP contribution in [0.1, 0.15) is 5.56 Å². The fourth-order valence-corrected chi connectivity index (χ4v) is 0.950. The van der Waals surface area contributed by atoms with Crippen molar-refractivity contribution in [3.63, 3.8) is 0 Å². The molecule has 0 radical (unpaired) electrons. The molecule has 0 bridgehead atoms. The highest BCUT2D eigenvalue weighted by Crippen LogP contribution is 2.28. The molecule has 0 heterocycles. The molecule has 0 fully saturated rings. The van der Waals surface area contributed by atoms with Gasteiger partial charge in [0.05, 0.1) is 5.69 Å². The Morgan fingerprint density at radius 2 is 2.00 bits per heavy atom. The number of aryl methyl sites for hydroxylation is 1. The first-order chi connectivity index (χ1) is 6.43. The molecular weight excluding hydrogens is 196 g/mol. The molecule has 4 nitrogen and oxygen atoms in total. The molecule has 6 heteroatoms. The van der Waals surface area contributed by atoms with Crippen molar-refractivity contribution >= 4 is 11.8 Å². The smallest absolute Gasteiger partial charge is 0.409 e. The van der Waals surface area contributed by atoms with Gasteiger partial charge in [0, 0.05) is 0 Å². The molecule has 0 aromatic heterocycles. The van der Waals surface area contributed by atoms with Gasteiger partial charge >= 0.3 is 6.09 Å². The number of carboxylic acid groups (broad SMARTS) is 1. The molecule has 0 atom stereocenters. The summed E-state index contributed by atoms with van der Waals surface area (Å²) < 4.78 is 25.8. The molecule has 0 saturated heterocycles. The maximum absolute atomic E-state index is 12.9. The normalized spacial score (nSPS) is 9.93. The van der Waals surface area contributed by atoms with E-state index in [0.29, 0.717) is 0 Å². The van der Waals surface area contributed by atoms with Crippen LogP contribution in [0.4, 0.5) is 19.3 Å². The number of benzene rings is 1. The number of phenolic OH excluding ortho intramolecular Hbond substituents is 1. The summed E-state index contributed by atoms with van der Waals surface area (Å²) in [4.78, 5) is 10.2. The first-order valence-electron chi connectivity index (χ1n) is 3.61. The zero-order valence-electron chi connectivity index (χ0n) is 7.14. The molecule has 0 aliphatic rings. The minimum atomic E-state index is -1.51. The quantitative estimate of drug-likeness (QED) is 0.612. The van der Waals surface area contributed by atoms with E-state index in [4.69, 9.17) is 10.2 Å². The third kappa shape index (κ3) is 1.73. The average molecular weight is 203 g/mol. The summed E-state index contributed by atoms with van der Waals surface area (Å²) in [5.74, 6) is -3.71. The number of aromatic hydroxyl groups is 1. The molecule has 1 aromatic rings. The Bertz CT molecular complexity index is 393. The molecule has 1 aromatic carbocycles. The van der Waals surface area contributed by atoms with Gasteiger partial charge in [-0.25, -0.2) is 9.18 Å². The van der Waals surface area contributed by atoms with Crippen molar-refractivity contribution in [1.29, 1.82) is 0 Å². The minimum Gasteiger partial charge on any atom is -0.505 e. The van der Waals surface area contributed by atoms with E-state index >= 15 is 0 Å². The molecule has 0 aliphatic heterocycles. The lowest BCUT2D eigenvalue weighted by atomic mass is 10.2. The second kappa shape index (κ2) is 3.49. The number of amides is 1.